The van der Waals surface area contributed by atoms with Gasteiger partial charge >= 0.3 is 0 Å². The highest BCUT2D eigenvalue weighted by atomic mass is 16.1. The maximum absolute atomic E-state index is 13.7. The maximum Gasteiger partial charge on any atom is 0.261 e. The fourth-order valence-corrected chi connectivity index (χ4v) is 5.09. The van der Waals surface area contributed by atoms with E-state index in [2.05, 4.69) is 30.3 Å². The third-order valence-electron chi connectivity index (χ3n) is 6.78. The fraction of sp³-hybridized carbons (Fsp3) is 0.333. The van der Waals surface area contributed by atoms with Crippen LogP contribution in [0.4, 0.5) is 0 Å². The van der Waals surface area contributed by atoms with E-state index in [0.29, 0.717) is 23.8 Å². The van der Waals surface area contributed by atoms with Crippen LogP contribution in [0.2, 0.25) is 0 Å². The molecule has 1 fully saturated rings. The Morgan fingerprint density at radius 1 is 1.00 bits per heavy atom. The Bertz CT molecular complexity index is 1310. The lowest BCUT2D eigenvalue weighted by Crippen LogP contribution is -2.30. The fourth-order valence-electron chi connectivity index (χ4n) is 5.09. The quantitative estimate of drug-likeness (QED) is 0.496. The Kier molecular flexibility index (Phi) is 5.33. The molecular weight excluding hydrogens is 382 g/mol. The van der Waals surface area contributed by atoms with E-state index >= 15 is 0 Å². The van der Waals surface area contributed by atoms with Gasteiger partial charge in [0.15, 0.2) is 0 Å². The molecule has 4 aromatic rings. The van der Waals surface area contributed by atoms with Crippen LogP contribution in [0.15, 0.2) is 65.5 Å². The Morgan fingerprint density at radius 2 is 1.81 bits per heavy atom. The summed E-state index contributed by atoms with van der Waals surface area (Å²) in [6, 6.07) is 20.6. The van der Waals surface area contributed by atoms with Gasteiger partial charge in [-0.1, -0.05) is 54.4 Å². The first-order valence-electron chi connectivity index (χ1n) is 11.3. The van der Waals surface area contributed by atoms with Crippen molar-refractivity contribution in [2.75, 3.05) is 6.54 Å². The third kappa shape index (κ3) is 3.88. The summed E-state index contributed by atoms with van der Waals surface area (Å²) in [6.45, 7) is 3.46. The molecule has 1 heterocycles. The first kappa shape index (κ1) is 20.0. The van der Waals surface area contributed by atoms with E-state index in [1.165, 1.54) is 18.2 Å². The van der Waals surface area contributed by atoms with Gasteiger partial charge in [-0.15, -0.1) is 0 Å². The molecule has 158 valence electrons. The van der Waals surface area contributed by atoms with Crippen molar-refractivity contribution in [3.8, 4) is 11.4 Å². The molecule has 2 N–H and O–H groups in total. The lowest BCUT2D eigenvalue weighted by Gasteiger charge is -2.29. The van der Waals surface area contributed by atoms with Crippen molar-refractivity contribution in [2.24, 2.45) is 17.6 Å². The van der Waals surface area contributed by atoms with E-state index in [4.69, 9.17) is 10.7 Å². The molecule has 0 spiro atoms. The molecule has 1 aliphatic rings. The van der Waals surface area contributed by atoms with Crippen molar-refractivity contribution in [3.05, 3.63) is 76.6 Å². The second-order valence-corrected chi connectivity index (χ2v) is 9.07. The van der Waals surface area contributed by atoms with Crippen molar-refractivity contribution in [1.29, 1.82) is 0 Å². The highest BCUT2D eigenvalue weighted by Crippen LogP contribution is 2.31. The lowest BCUT2D eigenvalue weighted by atomic mass is 9.81. The van der Waals surface area contributed by atoms with Crippen LogP contribution in [0.25, 0.3) is 33.1 Å². The number of aromatic nitrogens is 2. The topological polar surface area (TPSA) is 60.9 Å². The minimum absolute atomic E-state index is 0.0618. The number of benzene rings is 3. The first-order valence-corrected chi connectivity index (χ1v) is 11.3. The van der Waals surface area contributed by atoms with Crippen LogP contribution in [-0.2, 0) is 6.54 Å². The highest BCUT2D eigenvalue weighted by molar-refractivity contribution is 5.87. The number of hydrogen-bond donors (Lipinski definition) is 1. The number of hydrogen-bond acceptors (Lipinski definition) is 3. The second kappa shape index (κ2) is 8.27. The summed E-state index contributed by atoms with van der Waals surface area (Å²) < 4.78 is 1.93. The number of fused-ring (bicyclic) bond motifs is 2. The van der Waals surface area contributed by atoms with E-state index in [9.17, 15) is 4.79 Å². The molecule has 2 atom stereocenters. The summed E-state index contributed by atoms with van der Waals surface area (Å²) in [5, 5.41) is 3.05. The van der Waals surface area contributed by atoms with Crippen molar-refractivity contribution < 1.29 is 0 Å². The maximum atomic E-state index is 13.7. The molecule has 0 amide bonds. The van der Waals surface area contributed by atoms with E-state index in [1.54, 1.807) is 0 Å². The SMILES string of the molecule is Cc1ccc2nc(-c3ccc4ccccc4c3)n(CC3CCCC(CN)C3)c(=O)c2c1. The van der Waals surface area contributed by atoms with E-state index in [1.807, 2.05) is 41.8 Å². The van der Waals surface area contributed by atoms with Gasteiger partial charge in [0.1, 0.15) is 5.82 Å². The zero-order valence-corrected chi connectivity index (χ0v) is 18.1. The third-order valence-corrected chi connectivity index (χ3v) is 6.78. The first-order chi connectivity index (χ1) is 15.1. The average Bonchev–Trinajstić information content (AvgIpc) is 2.81. The minimum Gasteiger partial charge on any atom is -0.330 e. The van der Waals surface area contributed by atoms with Crippen LogP contribution < -0.4 is 11.3 Å². The summed E-state index contributed by atoms with van der Waals surface area (Å²) in [7, 11) is 0. The molecule has 1 aliphatic carbocycles. The van der Waals surface area contributed by atoms with Gasteiger partial charge in [-0.2, -0.15) is 0 Å². The predicted octanol–water partition coefficient (Wildman–Crippen LogP) is 5.29. The monoisotopic (exact) mass is 411 g/mol. The Hall–Kier alpha value is -2.98. The molecule has 0 saturated heterocycles. The summed E-state index contributed by atoms with van der Waals surface area (Å²) in [5.74, 6) is 1.79. The Balaban J connectivity index is 1.67. The van der Waals surface area contributed by atoms with E-state index < -0.39 is 0 Å². The van der Waals surface area contributed by atoms with Gasteiger partial charge < -0.3 is 5.73 Å². The second-order valence-electron chi connectivity index (χ2n) is 9.07. The lowest BCUT2D eigenvalue weighted by molar-refractivity contribution is 0.246. The van der Waals surface area contributed by atoms with Gasteiger partial charge in [-0.3, -0.25) is 9.36 Å². The Morgan fingerprint density at radius 3 is 2.65 bits per heavy atom. The van der Waals surface area contributed by atoms with E-state index in [0.717, 1.165) is 47.2 Å². The highest BCUT2D eigenvalue weighted by Gasteiger charge is 2.23. The Labute approximate surface area is 182 Å². The average molecular weight is 412 g/mol. The van der Waals surface area contributed by atoms with Crippen molar-refractivity contribution in [2.45, 2.75) is 39.2 Å². The summed E-state index contributed by atoms with van der Waals surface area (Å²) >= 11 is 0. The van der Waals surface area contributed by atoms with Crippen molar-refractivity contribution in [1.82, 2.24) is 9.55 Å². The van der Waals surface area contributed by atoms with Gasteiger partial charge in [0.2, 0.25) is 0 Å². The molecule has 1 aromatic heterocycles. The zero-order chi connectivity index (χ0) is 21.4. The normalized spacial score (nSPS) is 19.2. The summed E-state index contributed by atoms with van der Waals surface area (Å²) in [4.78, 5) is 18.7. The molecular formula is C27H29N3O. The predicted molar refractivity (Wildman–Crippen MR) is 128 cm³/mol. The molecule has 1 saturated carbocycles. The molecule has 5 rings (SSSR count). The van der Waals surface area contributed by atoms with Crippen LogP contribution in [0.3, 0.4) is 0 Å². The minimum atomic E-state index is 0.0618. The van der Waals surface area contributed by atoms with Crippen LogP contribution in [0.1, 0.15) is 31.2 Å². The molecule has 31 heavy (non-hydrogen) atoms. The summed E-state index contributed by atoms with van der Waals surface area (Å²) in [6.07, 6.45) is 4.62. The number of aryl methyl sites for hydroxylation is 1. The van der Waals surface area contributed by atoms with Crippen molar-refractivity contribution >= 4 is 21.7 Å². The van der Waals surface area contributed by atoms with Crippen LogP contribution in [-0.4, -0.2) is 16.1 Å². The number of rotatable bonds is 4. The molecule has 3 aromatic carbocycles. The number of nitrogens with two attached hydrogens (primary N) is 1. The van der Waals surface area contributed by atoms with Crippen LogP contribution in [0, 0.1) is 18.8 Å². The van der Waals surface area contributed by atoms with Crippen LogP contribution >= 0.6 is 0 Å². The zero-order valence-electron chi connectivity index (χ0n) is 18.1. The smallest absolute Gasteiger partial charge is 0.261 e. The van der Waals surface area contributed by atoms with Gasteiger partial charge in [0.25, 0.3) is 5.56 Å². The van der Waals surface area contributed by atoms with Crippen LogP contribution in [0.5, 0.6) is 0 Å². The molecule has 0 bridgehead atoms. The van der Waals surface area contributed by atoms with Gasteiger partial charge in [0.05, 0.1) is 10.9 Å². The van der Waals surface area contributed by atoms with Gasteiger partial charge in [0, 0.05) is 12.1 Å². The number of nitrogens with zero attached hydrogens (tertiary/aromatic N) is 2. The van der Waals surface area contributed by atoms with Crippen molar-refractivity contribution in [3.63, 3.8) is 0 Å². The van der Waals surface area contributed by atoms with E-state index in [-0.39, 0.29) is 5.56 Å². The molecule has 4 heteroatoms. The molecule has 0 aliphatic heterocycles. The standard InChI is InChI=1S/C27H29N3O/c1-18-9-12-25-24(13-18)27(31)30(17-20-6-4-5-19(14-20)16-28)26(29-25)23-11-10-21-7-2-3-8-22(21)15-23/h2-3,7-13,15,19-20H,4-6,14,16-17,28H2,1H3. The molecule has 0 radical (unpaired) electrons. The summed E-state index contributed by atoms with van der Waals surface area (Å²) in [5.41, 5.74) is 8.87. The molecule has 2 unspecified atom stereocenters. The largest absolute Gasteiger partial charge is 0.330 e. The van der Waals surface area contributed by atoms with Gasteiger partial charge in [-0.25, -0.2) is 4.98 Å². The molecule has 4 nitrogen and oxygen atoms in total. The van der Waals surface area contributed by atoms with Gasteiger partial charge in [-0.05, 0) is 73.5 Å².